The van der Waals surface area contributed by atoms with E-state index < -0.39 is 20.8 Å². The van der Waals surface area contributed by atoms with Crippen LogP contribution in [0.4, 0.5) is 0 Å². The van der Waals surface area contributed by atoms with Gasteiger partial charge in [-0.05, 0) is 85.6 Å². The Labute approximate surface area is 318 Å². The Balaban J connectivity index is 0.991. The molecular formula is C39H40N4O10S2. The Kier molecular flexibility index (Phi) is 12.4. The minimum atomic E-state index is -4.66. The highest BCUT2D eigenvalue weighted by Crippen LogP contribution is 2.25. The second-order valence-corrected chi connectivity index (χ2v) is 15.1. The molecule has 0 bridgehead atoms. The predicted octanol–water partition coefficient (Wildman–Crippen LogP) is 7.01. The van der Waals surface area contributed by atoms with Crippen LogP contribution >= 0.6 is 0 Å². The molecule has 0 aliphatic heterocycles. The summed E-state index contributed by atoms with van der Waals surface area (Å²) in [5.74, 6) is 0.786. The zero-order chi connectivity index (χ0) is 39.0. The van der Waals surface area contributed by atoms with E-state index in [1.165, 1.54) is 24.3 Å². The van der Waals surface area contributed by atoms with Gasteiger partial charge in [-0.25, -0.2) is 9.97 Å². The van der Waals surface area contributed by atoms with Crippen molar-refractivity contribution in [3.8, 4) is 34.3 Å². The fraction of sp³-hybridized carbons (Fsp3) is 0.282. The maximum Gasteiger partial charge on any atom is 0.446 e. The van der Waals surface area contributed by atoms with Crippen molar-refractivity contribution in [1.29, 1.82) is 0 Å². The molecule has 2 N–H and O–H groups in total. The van der Waals surface area contributed by atoms with E-state index in [0.29, 0.717) is 57.7 Å². The van der Waals surface area contributed by atoms with Gasteiger partial charge in [0, 0.05) is 24.2 Å². The standard InChI is InChI=1S/C39H40N4O10S2/c44-38-32-14-8-10-16-34(32)40-36(28-18-22-30(23-19-28)52-54(46,47)48)42(38)26-12-6-4-2-1-3-5-7-13-27-43-37(41-35-17-11-9-15-33(35)39(43)45)29-20-24-31(25-21-29)53-55(49,50)51/h8-11,14-25H,1-7,12-13,26-27H2,(H,46,47,48)(H,49,50,51). The van der Waals surface area contributed by atoms with Crippen molar-refractivity contribution in [2.45, 2.75) is 70.9 Å². The molecule has 0 saturated heterocycles. The molecule has 6 aromatic rings. The Morgan fingerprint density at radius 2 is 0.800 bits per heavy atom. The lowest BCUT2D eigenvalue weighted by molar-refractivity contribution is 0.384. The van der Waals surface area contributed by atoms with Gasteiger partial charge in [0.05, 0.1) is 21.8 Å². The largest absolute Gasteiger partial charge is 0.446 e. The summed E-state index contributed by atoms with van der Waals surface area (Å²) >= 11 is 0. The molecule has 0 aliphatic carbocycles. The monoisotopic (exact) mass is 788 g/mol. The first-order valence-corrected chi connectivity index (χ1v) is 20.6. The number of fused-ring (bicyclic) bond motifs is 2. The lowest BCUT2D eigenvalue weighted by atomic mass is 10.1. The van der Waals surface area contributed by atoms with Crippen LogP contribution in [0.5, 0.6) is 11.5 Å². The van der Waals surface area contributed by atoms with Crippen molar-refractivity contribution in [2.24, 2.45) is 0 Å². The predicted molar refractivity (Wildman–Crippen MR) is 209 cm³/mol. The number of para-hydroxylation sites is 2. The quantitative estimate of drug-likeness (QED) is 0.0668. The van der Waals surface area contributed by atoms with Gasteiger partial charge >= 0.3 is 20.8 Å². The second-order valence-electron chi connectivity index (χ2n) is 13.1. The molecule has 2 heterocycles. The topological polar surface area (TPSA) is 197 Å². The molecule has 0 aliphatic rings. The smallest absolute Gasteiger partial charge is 0.362 e. The molecule has 6 rings (SSSR count). The van der Waals surface area contributed by atoms with Gasteiger partial charge in [0.1, 0.15) is 23.1 Å². The maximum absolute atomic E-state index is 13.5. The molecule has 0 unspecified atom stereocenters. The van der Waals surface area contributed by atoms with Crippen LogP contribution in [0.2, 0.25) is 0 Å². The molecule has 0 fully saturated rings. The van der Waals surface area contributed by atoms with Crippen molar-refractivity contribution in [3.05, 3.63) is 118 Å². The number of unbranched alkanes of at least 4 members (excludes halogenated alkanes) is 8. The molecule has 55 heavy (non-hydrogen) atoms. The van der Waals surface area contributed by atoms with Gasteiger partial charge in [-0.15, -0.1) is 0 Å². The molecular weight excluding hydrogens is 749 g/mol. The van der Waals surface area contributed by atoms with Crippen LogP contribution in [-0.2, 0) is 33.9 Å². The molecule has 0 spiro atoms. The third-order valence-corrected chi connectivity index (χ3v) is 9.92. The summed E-state index contributed by atoms with van der Waals surface area (Å²) in [4.78, 5) is 36.5. The van der Waals surface area contributed by atoms with E-state index in [1.54, 1.807) is 69.8 Å². The summed E-state index contributed by atoms with van der Waals surface area (Å²) in [5.41, 5.74) is 2.00. The van der Waals surface area contributed by atoms with Gasteiger partial charge in [-0.1, -0.05) is 69.2 Å². The fourth-order valence-corrected chi connectivity index (χ4v) is 7.24. The highest BCUT2D eigenvalue weighted by atomic mass is 32.3. The summed E-state index contributed by atoms with van der Waals surface area (Å²) in [7, 11) is -9.33. The van der Waals surface area contributed by atoms with Crippen molar-refractivity contribution < 1.29 is 34.3 Å². The highest BCUT2D eigenvalue weighted by molar-refractivity contribution is 7.81. The van der Waals surface area contributed by atoms with E-state index in [9.17, 15) is 26.4 Å². The summed E-state index contributed by atoms with van der Waals surface area (Å²) in [5, 5.41) is 1.02. The number of benzene rings is 4. The summed E-state index contributed by atoms with van der Waals surface area (Å²) < 4.78 is 74.7. The van der Waals surface area contributed by atoms with Gasteiger partial charge < -0.3 is 8.37 Å². The van der Waals surface area contributed by atoms with E-state index in [2.05, 4.69) is 8.37 Å². The SMILES string of the molecule is O=c1c2ccccc2nc(-c2ccc(OS(=O)(=O)O)cc2)n1CCCCCCCCCCCn1c(-c2ccc(OS(=O)(=O)O)cc2)nc2ccccc2c1=O. The normalized spacial score (nSPS) is 12.0. The van der Waals surface area contributed by atoms with E-state index in [-0.39, 0.29) is 22.6 Å². The minimum Gasteiger partial charge on any atom is -0.362 e. The van der Waals surface area contributed by atoms with Gasteiger partial charge in [0.25, 0.3) is 11.1 Å². The molecule has 288 valence electrons. The summed E-state index contributed by atoms with van der Waals surface area (Å²) in [6, 6.07) is 26.2. The van der Waals surface area contributed by atoms with Crippen molar-refractivity contribution >= 4 is 42.6 Å². The number of hydrogen-bond acceptors (Lipinski definition) is 10. The van der Waals surface area contributed by atoms with Crippen molar-refractivity contribution in [3.63, 3.8) is 0 Å². The molecule has 2 aromatic heterocycles. The van der Waals surface area contributed by atoms with Crippen LogP contribution in [-0.4, -0.2) is 45.0 Å². The van der Waals surface area contributed by atoms with Gasteiger partial charge in [-0.3, -0.25) is 27.8 Å². The average Bonchev–Trinajstić information content (AvgIpc) is 3.14. The lowest BCUT2D eigenvalue weighted by Crippen LogP contribution is -2.23. The Morgan fingerprint density at radius 1 is 0.473 bits per heavy atom. The fourth-order valence-electron chi connectivity index (χ4n) is 6.53. The molecule has 16 heteroatoms. The minimum absolute atomic E-state index is 0.0644. The van der Waals surface area contributed by atoms with Gasteiger partial charge in [-0.2, -0.15) is 16.8 Å². The Bertz CT molecular complexity index is 2440. The second kappa shape index (κ2) is 17.4. The number of hydrogen-bond donors (Lipinski definition) is 2. The molecule has 0 amide bonds. The first-order valence-electron chi connectivity index (χ1n) is 17.9. The van der Waals surface area contributed by atoms with Crippen LogP contribution < -0.4 is 19.5 Å². The van der Waals surface area contributed by atoms with Crippen molar-refractivity contribution in [1.82, 2.24) is 19.1 Å². The molecule has 14 nitrogen and oxygen atoms in total. The van der Waals surface area contributed by atoms with Crippen LogP contribution in [0.25, 0.3) is 44.6 Å². The Hall–Kier alpha value is -5.42. The third-order valence-electron chi connectivity index (χ3n) is 9.11. The molecule has 0 radical (unpaired) electrons. The molecule has 0 atom stereocenters. The summed E-state index contributed by atoms with van der Waals surface area (Å²) in [6.45, 7) is 0.922. The van der Waals surface area contributed by atoms with Crippen LogP contribution in [0.1, 0.15) is 57.8 Å². The van der Waals surface area contributed by atoms with Gasteiger partial charge in [0.2, 0.25) is 0 Å². The molecule has 4 aromatic carbocycles. The summed E-state index contributed by atoms with van der Waals surface area (Å²) in [6.07, 6.45) is 8.53. The van der Waals surface area contributed by atoms with E-state index in [4.69, 9.17) is 19.1 Å². The lowest BCUT2D eigenvalue weighted by Gasteiger charge is -2.14. The van der Waals surface area contributed by atoms with Gasteiger partial charge in [0.15, 0.2) is 0 Å². The van der Waals surface area contributed by atoms with E-state index in [1.807, 2.05) is 12.1 Å². The maximum atomic E-state index is 13.5. The van der Waals surface area contributed by atoms with Crippen LogP contribution in [0.3, 0.4) is 0 Å². The number of nitrogens with zero attached hydrogens (tertiary/aromatic N) is 4. The Morgan fingerprint density at radius 3 is 1.15 bits per heavy atom. The van der Waals surface area contributed by atoms with Crippen LogP contribution in [0, 0.1) is 0 Å². The first kappa shape index (κ1) is 39.3. The van der Waals surface area contributed by atoms with Crippen LogP contribution in [0.15, 0.2) is 107 Å². The first-order chi connectivity index (χ1) is 26.4. The third kappa shape index (κ3) is 10.4. The molecule has 0 saturated carbocycles. The number of rotatable bonds is 18. The van der Waals surface area contributed by atoms with Crippen molar-refractivity contribution in [2.75, 3.05) is 0 Å². The highest BCUT2D eigenvalue weighted by Gasteiger charge is 2.16. The zero-order valence-corrected chi connectivity index (χ0v) is 31.4. The van der Waals surface area contributed by atoms with E-state index >= 15 is 0 Å². The van der Waals surface area contributed by atoms with E-state index in [0.717, 1.165) is 57.8 Å². The zero-order valence-electron chi connectivity index (χ0n) is 29.8. The number of aromatic nitrogens is 4. The average molecular weight is 789 g/mol.